The van der Waals surface area contributed by atoms with Crippen LogP contribution < -0.4 is 10.1 Å². The third-order valence-corrected chi connectivity index (χ3v) is 4.25. The van der Waals surface area contributed by atoms with E-state index in [1.54, 1.807) is 0 Å². The molecule has 0 spiro atoms. The van der Waals surface area contributed by atoms with E-state index in [2.05, 4.69) is 10.2 Å². The zero-order chi connectivity index (χ0) is 12.3. The number of ether oxygens (including phenoxy) is 1. The van der Waals surface area contributed by atoms with Crippen molar-refractivity contribution in [1.29, 1.82) is 0 Å². The van der Waals surface area contributed by atoms with Gasteiger partial charge in [0.05, 0.1) is 5.54 Å². The second-order valence-electron chi connectivity index (χ2n) is 5.45. The molecule has 0 amide bonds. The average molecular weight is 246 g/mol. The number of nitrogens with zero attached hydrogens (tertiary/aromatic N) is 1. The molecule has 1 aromatic carbocycles. The third kappa shape index (κ3) is 2.38. The van der Waals surface area contributed by atoms with Crippen molar-refractivity contribution in [2.24, 2.45) is 0 Å². The predicted octanol–water partition coefficient (Wildman–Crippen LogP) is 1.89. The molecule has 0 aromatic heterocycles. The highest BCUT2D eigenvalue weighted by molar-refractivity contribution is 5.21. The van der Waals surface area contributed by atoms with Crippen molar-refractivity contribution in [2.75, 3.05) is 32.8 Å². The Kier molecular flexibility index (Phi) is 3.52. The molecule has 3 nitrogen and oxygen atoms in total. The second kappa shape index (κ2) is 5.29. The number of benzene rings is 1. The molecule has 2 saturated heterocycles. The molecule has 2 fully saturated rings. The number of piperidine rings is 1. The van der Waals surface area contributed by atoms with Gasteiger partial charge in [0.15, 0.2) is 0 Å². The molecular formula is C15H22N2O. The minimum absolute atomic E-state index is 0.229. The molecule has 0 aliphatic carbocycles. The van der Waals surface area contributed by atoms with Crippen molar-refractivity contribution in [1.82, 2.24) is 10.2 Å². The summed E-state index contributed by atoms with van der Waals surface area (Å²) < 4.78 is 6.02. The molecule has 0 radical (unpaired) electrons. The number of piperazine rings is 1. The lowest BCUT2D eigenvalue weighted by Gasteiger charge is -2.50. The highest BCUT2D eigenvalue weighted by Gasteiger charge is 2.41. The van der Waals surface area contributed by atoms with Crippen molar-refractivity contribution >= 4 is 0 Å². The number of para-hydroxylation sites is 1. The molecular weight excluding hydrogens is 224 g/mol. The molecule has 2 aliphatic rings. The molecule has 1 atom stereocenters. The van der Waals surface area contributed by atoms with Crippen LogP contribution in [-0.2, 0) is 0 Å². The highest BCUT2D eigenvalue weighted by atomic mass is 16.5. The van der Waals surface area contributed by atoms with Gasteiger partial charge in [-0.3, -0.25) is 4.90 Å². The van der Waals surface area contributed by atoms with Crippen LogP contribution in [0, 0.1) is 0 Å². The molecule has 2 heterocycles. The van der Waals surface area contributed by atoms with E-state index in [-0.39, 0.29) is 5.54 Å². The Labute approximate surface area is 109 Å². The number of nitrogens with one attached hydrogen (secondary N) is 1. The summed E-state index contributed by atoms with van der Waals surface area (Å²) in [6.07, 6.45) is 3.93. The maximum absolute atomic E-state index is 6.02. The number of hydrogen-bond acceptors (Lipinski definition) is 3. The lowest BCUT2D eigenvalue weighted by atomic mass is 9.85. The van der Waals surface area contributed by atoms with Gasteiger partial charge in [-0.1, -0.05) is 24.6 Å². The van der Waals surface area contributed by atoms with Crippen LogP contribution in [-0.4, -0.2) is 43.2 Å². The smallest absolute Gasteiger partial charge is 0.119 e. The van der Waals surface area contributed by atoms with Gasteiger partial charge in [-0.2, -0.15) is 0 Å². The first kappa shape index (κ1) is 12.0. The van der Waals surface area contributed by atoms with Crippen LogP contribution in [0.4, 0.5) is 0 Å². The van der Waals surface area contributed by atoms with Crippen LogP contribution in [0.3, 0.4) is 0 Å². The van der Waals surface area contributed by atoms with Crippen LogP contribution >= 0.6 is 0 Å². The Hall–Kier alpha value is -1.06. The highest BCUT2D eigenvalue weighted by Crippen LogP contribution is 2.30. The molecule has 1 N–H and O–H groups in total. The van der Waals surface area contributed by atoms with Crippen molar-refractivity contribution in [2.45, 2.75) is 24.8 Å². The van der Waals surface area contributed by atoms with Crippen LogP contribution in [0.2, 0.25) is 0 Å². The summed E-state index contributed by atoms with van der Waals surface area (Å²) >= 11 is 0. The second-order valence-corrected chi connectivity index (χ2v) is 5.45. The molecule has 2 aliphatic heterocycles. The van der Waals surface area contributed by atoms with E-state index in [4.69, 9.17) is 4.74 Å². The average Bonchev–Trinajstić information content (AvgIpc) is 2.46. The predicted molar refractivity (Wildman–Crippen MR) is 73.0 cm³/mol. The first-order valence-electron chi connectivity index (χ1n) is 7.03. The molecule has 0 bridgehead atoms. The molecule has 3 rings (SSSR count). The molecule has 1 unspecified atom stereocenters. The van der Waals surface area contributed by atoms with Crippen molar-refractivity contribution < 1.29 is 4.74 Å². The lowest BCUT2D eigenvalue weighted by Crippen LogP contribution is -2.65. The Morgan fingerprint density at radius 3 is 2.94 bits per heavy atom. The van der Waals surface area contributed by atoms with Crippen molar-refractivity contribution in [3.8, 4) is 5.75 Å². The summed E-state index contributed by atoms with van der Waals surface area (Å²) in [5.41, 5.74) is 0.229. The van der Waals surface area contributed by atoms with E-state index in [0.717, 1.165) is 32.0 Å². The summed E-state index contributed by atoms with van der Waals surface area (Å²) in [5, 5.41) is 3.54. The monoisotopic (exact) mass is 246 g/mol. The van der Waals surface area contributed by atoms with Crippen molar-refractivity contribution in [3.05, 3.63) is 30.3 Å². The standard InChI is InChI=1S/C15H22N2O/c1-2-6-14(7-3-1)18-13-15-8-4-5-10-17(15)11-9-16-12-15/h1-3,6-7,16H,4-5,8-13H2. The Morgan fingerprint density at radius 1 is 1.17 bits per heavy atom. The first-order valence-corrected chi connectivity index (χ1v) is 7.03. The SMILES string of the molecule is c1ccc(OCC23CCCCN2CCNC3)cc1. The van der Waals surface area contributed by atoms with Gasteiger partial charge >= 0.3 is 0 Å². The minimum atomic E-state index is 0.229. The third-order valence-electron chi connectivity index (χ3n) is 4.25. The molecule has 3 heteroatoms. The van der Waals surface area contributed by atoms with Crippen LogP contribution in [0.15, 0.2) is 30.3 Å². The topological polar surface area (TPSA) is 24.5 Å². The summed E-state index contributed by atoms with van der Waals surface area (Å²) in [7, 11) is 0. The van der Waals surface area contributed by atoms with Gasteiger partial charge in [0.2, 0.25) is 0 Å². The summed E-state index contributed by atoms with van der Waals surface area (Å²) in [6, 6.07) is 10.2. The van der Waals surface area contributed by atoms with Gasteiger partial charge in [0, 0.05) is 19.6 Å². The zero-order valence-corrected chi connectivity index (χ0v) is 10.9. The summed E-state index contributed by atoms with van der Waals surface area (Å²) in [5.74, 6) is 0.989. The van der Waals surface area contributed by atoms with Crippen LogP contribution in [0.25, 0.3) is 0 Å². The van der Waals surface area contributed by atoms with Crippen molar-refractivity contribution in [3.63, 3.8) is 0 Å². The summed E-state index contributed by atoms with van der Waals surface area (Å²) in [6.45, 7) is 5.40. The number of fused-ring (bicyclic) bond motifs is 1. The van der Waals surface area contributed by atoms with Crippen LogP contribution in [0.5, 0.6) is 5.75 Å². The number of rotatable bonds is 3. The van der Waals surface area contributed by atoms with Gasteiger partial charge in [-0.05, 0) is 31.5 Å². The van der Waals surface area contributed by atoms with Crippen LogP contribution in [0.1, 0.15) is 19.3 Å². The minimum Gasteiger partial charge on any atom is -0.492 e. The number of hydrogen-bond donors (Lipinski definition) is 1. The van der Waals surface area contributed by atoms with Gasteiger partial charge in [0.25, 0.3) is 0 Å². The first-order chi connectivity index (χ1) is 8.89. The Balaban J connectivity index is 1.68. The fourth-order valence-corrected chi connectivity index (χ4v) is 3.19. The van der Waals surface area contributed by atoms with E-state index in [9.17, 15) is 0 Å². The Morgan fingerprint density at radius 2 is 2.06 bits per heavy atom. The normalized spacial score (nSPS) is 28.7. The maximum Gasteiger partial charge on any atom is 0.119 e. The largest absolute Gasteiger partial charge is 0.492 e. The van der Waals surface area contributed by atoms with Gasteiger partial charge in [0.1, 0.15) is 12.4 Å². The van der Waals surface area contributed by atoms with E-state index in [1.807, 2.05) is 30.3 Å². The molecule has 98 valence electrons. The molecule has 1 aromatic rings. The lowest BCUT2D eigenvalue weighted by molar-refractivity contribution is -0.0100. The zero-order valence-electron chi connectivity index (χ0n) is 10.9. The molecule has 0 saturated carbocycles. The van der Waals surface area contributed by atoms with Gasteiger partial charge < -0.3 is 10.1 Å². The van der Waals surface area contributed by atoms with E-state index in [1.165, 1.54) is 25.8 Å². The fourth-order valence-electron chi connectivity index (χ4n) is 3.19. The maximum atomic E-state index is 6.02. The van der Waals surface area contributed by atoms with Gasteiger partial charge in [-0.15, -0.1) is 0 Å². The fraction of sp³-hybridized carbons (Fsp3) is 0.600. The van der Waals surface area contributed by atoms with E-state index < -0.39 is 0 Å². The van der Waals surface area contributed by atoms with E-state index in [0.29, 0.717) is 0 Å². The Bertz CT molecular complexity index is 367. The van der Waals surface area contributed by atoms with Gasteiger partial charge in [-0.25, -0.2) is 0 Å². The summed E-state index contributed by atoms with van der Waals surface area (Å²) in [4.78, 5) is 2.63. The quantitative estimate of drug-likeness (QED) is 0.881. The molecule has 18 heavy (non-hydrogen) atoms. The van der Waals surface area contributed by atoms with E-state index >= 15 is 0 Å².